The van der Waals surface area contributed by atoms with Gasteiger partial charge in [0.15, 0.2) is 0 Å². The number of rotatable bonds is 4. The number of hydrogen-bond acceptors (Lipinski definition) is 4. The van der Waals surface area contributed by atoms with Crippen molar-refractivity contribution in [2.45, 2.75) is 13.3 Å². The smallest absolute Gasteiger partial charge is 0.310 e. The number of ether oxygens (including phenoxy) is 2. The van der Waals surface area contributed by atoms with Gasteiger partial charge in [-0.05, 0) is 35.0 Å². The van der Waals surface area contributed by atoms with Crippen LogP contribution in [0, 0.1) is 0 Å². The molecule has 5 heteroatoms. The summed E-state index contributed by atoms with van der Waals surface area (Å²) in [6, 6.07) is 3.45. The molecule has 0 atom stereocenters. The van der Waals surface area contributed by atoms with E-state index in [2.05, 4.69) is 15.9 Å². The van der Waals surface area contributed by atoms with Gasteiger partial charge in [-0.15, -0.1) is 0 Å². The van der Waals surface area contributed by atoms with Crippen molar-refractivity contribution in [1.29, 1.82) is 0 Å². The number of esters is 1. The molecule has 0 aliphatic rings. The molecule has 1 aromatic carbocycles. The monoisotopic (exact) mass is 287 g/mol. The summed E-state index contributed by atoms with van der Waals surface area (Å²) >= 11 is 3.30. The van der Waals surface area contributed by atoms with Crippen molar-refractivity contribution < 1.29 is 14.3 Å². The van der Waals surface area contributed by atoms with Crippen molar-refractivity contribution in [2.24, 2.45) is 0 Å². The van der Waals surface area contributed by atoms with Gasteiger partial charge in [0.05, 0.1) is 20.1 Å². The van der Waals surface area contributed by atoms with Crippen molar-refractivity contribution in [1.82, 2.24) is 0 Å². The van der Waals surface area contributed by atoms with Gasteiger partial charge in [-0.1, -0.05) is 0 Å². The van der Waals surface area contributed by atoms with Gasteiger partial charge in [-0.2, -0.15) is 0 Å². The molecule has 0 saturated carbocycles. The molecule has 4 nitrogen and oxygen atoms in total. The third kappa shape index (κ3) is 3.13. The molecule has 0 bridgehead atoms. The lowest BCUT2D eigenvalue weighted by atomic mass is 10.1. The molecule has 0 heterocycles. The van der Waals surface area contributed by atoms with Gasteiger partial charge in [-0.25, -0.2) is 0 Å². The largest absolute Gasteiger partial charge is 0.496 e. The summed E-state index contributed by atoms with van der Waals surface area (Å²) in [7, 11) is 1.55. The molecular formula is C11H14BrNO3. The molecule has 0 amide bonds. The van der Waals surface area contributed by atoms with Gasteiger partial charge in [0, 0.05) is 15.7 Å². The van der Waals surface area contributed by atoms with E-state index in [9.17, 15) is 4.79 Å². The van der Waals surface area contributed by atoms with Gasteiger partial charge in [0.1, 0.15) is 5.75 Å². The van der Waals surface area contributed by atoms with Crippen molar-refractivity contribution in [3.8, 4) is 5.75 Å². The van der Waals surface area contributed by atoms with E-state index in [-0.39, 0.29) is 12.4 Å². The van der Waals surface area contributed by atoms with E-state index >= 15 is 0 Å². The molecular weight excluding hydrogens is 274 g/mol. The van der Waals surface area contributed by atoms with Gasteiger partial charge >= 0.3 is 5.97 Å². The standard InChI is InChI=1S/C11H14BrNO3/c1-3-16-11(14)5-7-4-9(13)8(12)6-10(7)15-2/h4,6H,3,5,13H2,1-2H3. The molecule has 2 N–H and O–H groups in total. The Bertz CT molecular complexity index is 393. The van der Waals surface area contributed by atoms with Gasteiger partial charge in [-0.3, -0.25) is 4.79 Å². The maximum atomic E-state index is 11.3. The molecule has 0 aliphatic heterocycles. The van der Waals surface area contributed by atoms with Gasteiger partial charge in [0.25, 0.3) is 0 Å². The predicted molar refractivity (Wildman–Crippen MR) is 65.4 cm³/mol. The van der Waals surface area contributed by atoms with Crippen molar-refractivity contribution in [2.75, 3.05) is 19.5 Å². The lowest BCUT2D eigenvalue weighted by Crippen LogP contribution is -2.09. The molecule has 0 aromatic heterocycles. The molecule has 16 heavy (non-hydrogen) atoms. The Morgan fingerprint density at radius 3 is 2.75 bits per heavy atom. The first-order chi connectivity index (χ1) is 7.58. The van der Waals surface area contributed by atoms with E-state index in [1.54, 1.807) is 26.2 Å². The minimum Gasteiger partial charge on any atom is -0.496 e. The predicted octanol–water partition coefficient (Wildman–Crippen LogP) is 2.15. The fraction of sp³-hybridized carbons (Fsp3) is 0.364. The number of hydrogen-bond donors (Lipinski definition) is 1. The van der Waals surface area contributed by atoms with Crippen molar-refractivity contribution in [3.63, 3.8) is 0 Å². The van der Waals surface area contributed by atoms with E-state index in [0.29, 0.717) is 18.0 Å². The third-order valence-corrected chi connectivity index (χ3v) is 2.73. The molecule has 0 aliphatic carbocycles. The van der Waals surface area contributed by atoms with Crippen LogP contribution in [0.2, 0.25) is 0 Å². The Morgan fingerprint density at radius 1 is 1.50 bits per heavy atom. The highest BCUT2D eigenvalue weighted by Gasteiger charge is 2.11. The van der Waals surface area contributed by atoms with Crippen LogP contribution in [0.15, 0.2) is 16.6 Å². The number of halogens is 1. The topological polar surface area (TPSA) is 61.5 Å². The van der Waals surface area contributed by atoms with Crippen LogP contribution in [-0.4, -0.2) is 19.7 Å². The van der Waals surface area contributed by atoms with E-state index in [0.717, 1.165) is 10.0 Å². The zero-order chi connectivity index (χ0) is 12.1. The Kier molecular flexibility index (Phi) is 4.61. The Balaban J connectivity index is 2.94. The highest BCUT2D eigenvalue weighted by atomic mass is 79.9. The fourth-order valence-electron chi connectivity index (χ4n) is 1.31. The van der Waals surface area contributed by atoms with E-state index in [1.165, 1.54) is 0 Å². The quantitative estimate of drug-likeness (QED) is 0.681. The number of nitrogens with two attached hydrogens (primary N) is 1. The normalized spacial score (nSPS) is 9.94. The third-order valence-electron chi connectivity index (χ3n) is 2.04. The lowest BCUT2D eigenvalue weighted by Gasteiger charge is -2.10. The van der Waals surface area contributed by atoms with Crippen LogP contribution < -0.4 is 10.5 Å². The first kappa shape index (κ1) is 12.8. The van der Waals surface area contributed by atoms with Gasteiger partial charge < -0.3 is 15.2 Å². The first-order valence-corrected chi connectivity index (χ1v) is 5.65. The summed E-state index contributed by atoms with van der Waals surface area (Å²) in [6.07, 6.45) is 0.161. The summed E-state index contributed by atoms with van der Waals surface area (Å²) in [4.78, 5) is 11.3. The van der Waals surface area contributed by atoms with Crippen LogP contribution in [0.5, 0.6) is 5.75 Å². The second kappa shape index (κ2) is 5.75. The van der Waals surface area contributed by atoms with Crippen molar-refractivity contribution >= 4 is 27.6 Å². The summed E-state index contributed by atoms with van der Waals surface area (Å²) in [5, 5.41) is 0. The van der Waals surface area contributed by atoms with Crippen LogP contribution in [0.4, 0.5) is 5.69 Å². The van der Waals surface area contributed by atoms with Gasteiger partial charge in [0.2, 0.25) is 0 Å². The SMILES string of the molecule is CCOC(=O)Cc1cc(N)c(Br)cc1OC. The lowest BCUT2D eigenvalue weighted by molar-refractivity contribution is -0.142. The highest BCUT2D eigenvalue weighted by molar-refractivity contribution is 9.10. The Labute approximate surface area is 103 Å². The molecule has 0 saturated heterocycles. The molecule has 1 aromatic rings. The van der Waals surface area contributed by atoms with Crippen LogP contribution in [0.25, 0.3) is 0 Å². The number of methoxy groups -OCH3 is 1. The number of benzene rings is 1. The van der Waals surface area contributed by atoms with E-state index in [4.69, 9.17) is 15.2 Å². The summed E-state index contributed by atoms with van der Waals surface area (Å²) in [5.74, 6) is 0.330. The zero-order valence-corrected chi connectivity index (χ0v) is 10.8. The van der Waals surface area contributed by atoms with Crippen LogP contribution >= 0.6 is 15.9 Å². The van der Waals surface area contributed by atoms with Crippen LogP contribution in [0.1, 0.15) is 12.5 Å². The number of anilines is 1. The average Bonchev–Trinajstić information content (AvgIpc) is 2.23. The van der Waals surface area contributed by atoms with E-state index in [1.807, 2.05) is 0 Å². The van der Waals surface area contributed by atoms with E-state index < -0.39 is 0 Å². The number of carbonyl (C=O) groups is 1. The number of nitrogen functional groups attached to an aromatic ring is 1. The molecule has 0 spiro atoms. The van der Waals surface area contributed by atoms with Crippen molar-refractivity contribution in [3.05, 3.63) is 22.2 Å². The summed E-state index contributed by atoms with van der Waals surface area (Å²) < 4.78 is 10.8. The minimum absolute atomic E-state index is 0.161. The molecule has 0 unspecified atom stereocenters. The second-order valence-corrected chi connectivity index (χ2v) is 4.02. The van der Waals surface area contributed by atoms with Crippen LogP contribution in [0.3, 0.4) is 0 Å². The zero-order valence-electron chi connectivity index (χ0n) is 9.25. The molecule has 1 rings (SSSR count). The maximum Gasteiger partial charge on any atom is 0.310 e. The molecule has 0 fully saturated rings. The first-order valence-electron chi connectivity index (χ1n) is 4.86. The Morgan fingerprint density at radius 2 is 2.19 bits per heavy atom. The maximum absolute atomic E-state index is 11.3. The molecule has 0 radical (unpaired) electrons. The number of carbonyl (C=O) groups excluding carboxylic acids is 1. The molecule has 88 valence electrons. The summed E-state index contributed by atoms with van der Waals surface area (Å²) in [6.45, 7) is 2.14. The highest BCUT2D eigenvalue weighted by Crippen LogP contribution is 2.29. The average molecular weight is 288 g/mol. The van der Waals surface area contributed by atoms with Crippen LogP contribution in [-0.2, 0) is 16.0 Å². The minimum atomic E-state index is -0.289. The Hall–Kier alpha value is -1.23. The summed E-state index contributed by atoms with van der Waals surface area (Å²) in [5.41, 5.74) is 7.03. The fourth-order valence-corrected chi connectivity index (χ4v) is 1.64. The second-order valence-electron chi connectivity index (χ2n) is 3.17.